The molecular formula is C20H25N3O3. The van der Waals surface area contributed by atoms with Gasteiger partial charge in [-0.15, -0.1) is 0 Å². The molecule has 138 valence electrons. The van der Waals surface area contributed by atoms with Gasteiger partial charge in [-0.05, 0) is 57.4 Å². The standard InChI is InChI=1S/C20H25N3O3/c1-11-7-8-12(2)16(9-11)22-17(25)10-23(6)20(26)19-13(3)18(15(5)24)14(4)21-19/h7-9,21H,10H2,1-6H3,(H,22,25). The fraction of sp³-hybridized carbons (Fsp3) is 0.350. The van der Waals surface area contributed by atoms with E-state index >= 15 is 0 Å². The molecule has 1 heterocycles. The van der Waals surface area contributed by atoms with E-state index in [1.165, 1.54) is 11.8 Å². The lowest BCUT2D eigenvalue weighted by molar-refractivity contribution is -0.116. The number of aromatic amines is 1. The van der Waals surface area contributed by atoms with E-state index < -0.39 is 0 Å². The number of H-pyrrole nitrogens is 1. The van der Waals surface area contributed by atoms with Gasteiger partial charge in [0.1, 0.15) is 5.69 Å². The van der Waals surface area contributed by atoms with Gasteiger partial charge in [-0.25, -0.2) is 0 Å². The Morgan fingerprint density at radius 1 is 1.12 bits per heavy atom. The molecule has 0 fully saturated rings. The highest BCUT2D eigenvalue weighted by atomic mass is 16.2. The summed E-state index contributed by atoms with van der Waals surface area (Å²) in [7, 11) is 1.56. The Kier molecular flexibility index (Phi) is 5.65. The highest BCUT2D eigenvalue weighted by Crippen LogP contribution is 2.20. The van der Waals surface area contributed by atoms with Gasteiger partial charge in [-0.3, -0.25) is 14.4 Å². The number of carbonyl (C=O) groups excluding carboxylic acids is 3. The van der Waals surface area contributed by atoms with Gasteiger partial charge in [0.2, 0.25) is 5.91 Å². The predicted molar refractivity (Wildman–Crippen MR) is 102 cm³/mol. The summed E-state index contributed by atoms with van der Waals surface area (Å²) in [6.45, 7) is 8.75. The number of amides is 2. The van der Waals surface area contributed by atoms with Crippen LogP contribution in [0.3, 0.4) is 0 Å². The minimum absolute atomic E-state index is 0.0842. The number of benzene rings is 1. The molecule has 0 saturated carbocycles. The fourth-order valence-electron chi connectivity index (χ4n) is 3.03. The van der Waals surface area contributed by atoms with Gasteiger partial charge in [0, 0.05) is 24.0 Å². The maximum atomic E-state index is 12.7. The molecule has 2 N–H and O–H groups in total. The number of likely N-dealkylation sites (N-methyl/N-ethyl adjacent to an activating group) is 1. The Morgan fingerprint density at radius 2 is 1.77 bits per heavy atom. The topological polar surface area (TPSA) is 82.3 Å². The first kappa shape index (κ1) is 19.4. The Balaban J connectivity index is 2.12. The summed E-state index contributed by atoms with van der Waals surface area (Å²) in [5.74, 6) is -0.692. The van der Waals surface area contributed by atoms with Gasteiger partial charge in [0.05, 0.1) is 6.54 Å². The van der Waals surface area contributed by atoms with Crippen molar-refractivity contribution < 1.29 is 14.4 Å². The minimum Gasteiger partial charge on any atom is -0.354 e. The molecule has 0 bridgehead atoms. The molecule has 0 saturated heterocycles. The van der Waals surface area contributed by atoms with Gasteiger partial charge in [-0.1, -0.05) is 12.1 Å². The summed E-state index contributed by atoms with van der Waals surface area (Å²) < 4.78 is 0. The molecule has 2 amide bonds. The molecule has 2 rings (SSSR count). The van der Waals surface area contributed by atoms with Crippen molar-refractivity contribution in [1.82, 2.24) is 9.88 Å². The van der Waals surface area contributed by atoms with Crippen LogP contribution >= 0.6 is 0 Å². The number of hydrogen-bond acceptors (Lipinski definition) is 3. The second kappa shape index (κ2) is 7.56. The van der Waals surface area contributed by atoms with Crippen LogP contribution in [0.2, 0.25) is 0 Å². The van der Waals surface area contributed by atoms with Crippen molar-refractivity contribution >= 4 is 23.3 Å². The van der Waals surface area contributed by atoms with E-state index in [0.29, 0.717) is 22.5 Å². The number of anilines is 1. The van der Waals surface area contributed by atoms with Crippen LogP contribution < -0.4 is 5.32 Å². The third-order valence-corrected chi connectivity index (χ3v) is 4.40. The first-order valence-electron chi connectivity index (χ1n) is 8.44. The molecule has 1 aromatic carbocycles. The summed E-state index contributed by atoms with van der Waals surface area (Å²) in [6, 6.07) is 5.81. The van der Waals surface area contributed by atoms with Gasteiger partial charge in [0.25, 0.3) is 5.91 Å². The van der Waals surface area contributed by atoms with Crippen molar-refractivity contribution in [3.05, 3.63) is 51.8 Å². The van der Waals surface area contributed by atoms with Gasteiger partial charge < -0.3 is 15.2 Å². The molecule has 6 heteroatoms. The lowest BCUT2D eigenvalue weighted by Crippen LogP contribution is -2.35. The Morgan fingerprint density at radius 3 is 2.35 bits per heavy atom. The number of carbonyl (C=O) groups is 3. The summed E-state index contributed by atoms with van der Waals surface area (Å²) in [5, 5.41) is 2.84. The van der Waals surface area contributed by atoms with Crippen LogP contribution in [0, 0.1) is 27.7 Å². The largest absolute Gasteiger partial charge is 0.354 e. The molecule has 1 aromatic heterocycles. The van der Waals surface area contributed by atoms with Crippen molar-refractivity contribution in [2.24, 2.45) is 0 Å². The van der Waals surface area contributed by atoms with Crippen LogP contribution in [-0.2, 0) is 4.79 Å². The first-order valence-corrected chi connectivity index (χ1v) is 8.44. The number of ketones is 1. The van der Waals surface area contributed by atoms with Crippen molar-refractivity contribution in [2.45, 2.75) is 34.6 Å². The zero-order valence-corrected chi connectivity index (χ0v) is 16.1. The average molecular weight is 355 g/mol. The number of nitrogens with zero attached hydrogens (tertiary/aromatic N) is 1. The third-order valence-electron chi connectivity index (χ3n) is 4.40. The van der Waals surface area contributed by atoms with Crippen molar-refractivity contribution in [2.75, 3.05) is 18.9 Å². The van der Waals surface area contributed by atoms with E-state index in [2.05, 4.69) is 10.3 Å². The molecule has 0 aliphatic carbocycles. The van der Waals surface area contributed by atoms with Crippen LogP contribution in [0.15, 0.2) is 18.2 Å². The highest BCUT2D eigenvalue weighted by molar-refractivity contribution is 6.04. The van der Waals surface area contributed by atoms with Gasteiger partial charge in [0.15, 0.2) is 5.78 Å². The number of rotatable bonds is 5. The van der Waals surface area contributed by atoms with E-state index in [9.17, 15) is 14.4 Å². The van der Waals surface area contributed by atoms with Crippen LogP contribution in [0.4, 0.5) is 5.69 Å². The number of hydrogen-bond donors (Lipinski definition) is 2. The number of nitrogens with one attached hydrogen (secondary N) is 2. The van der Waals surface area contributed by atoms with E-state index in [0.717, 1.165) is 16.8 Å². The van der Waals surface area contributed by atoms with Crippen molar-refractivity contribution in [3.8, 4) is 0 Å². The number of aryl methyl sites for hydroxylation is 3. The van der Waals surface area contributed by atoms with Crippen LogP contribution in [0.5, 0.6) is 0 Å². The lowest BCUT2D eigenvalue weighted by Gasteiger charge is -2.17. The highest BCUT2D eigenvalue weighted by Gasteiger charge is 2.23. The summed E-state index contributed by atoms with van der Waals surface area (Å²) >= 11 is 0. The molecule has 0 aliphatic heterocycles. The number of aromatic nitrogens is 1. The molecule has 26 heavy (non-hydrogen) atoms. The van der Waals surface area contributed by atoms with Gasteiger partial charge >= 0.3 is 0 Å². The summed E-state index contributed by atoms with van der Waals surface area (Å²) in [4.78, 5) is 41.0. The second-order valence-electron chi connectivity index (χ2n) is 6.71. The molecule has 0 atom stereocenters. The Labute approximate surface area is 153 Å². The van der Waals surface area contributed by atoms with Crippen LogP contribution in [0.1, 0.15) is 50.2 Å². The fourth-order valence-corrected chi connectivity index (χ4v) is 3.03. The van der Waals surface area contributed by atoms with Crippen molar-refractivity contribution in [3.63, 3.8) is 0 Å². The minimum atomic E-state index is -0.325. The zero-order valence-electron chi connectivity index (χ0n) is 16.1. The maximum Gasteiger partial charge on any atom is 0.270 e. The number of Topliss-reactive ketones (excluding diaryl/α,β-unsaturated/α-hetero) is 1. The van der Waals surface area contributed by atoms with E-state index in [1.807, 2.05) is 32.0 Å². The second-order valence-corrected chi connectivity index (χ2v) is 6.71. The van der Waals surface area contributed by atoms with Gasteiger partial charge in [-0.2, -0.15) is 0 Å². The average Bonchev–Trinajstić information content (AvgIpc) is 2.84. The molecule has 0 radical (unpaired) electrons. The predicted octanol–water partition coefficient (Wildman–Crippen LogP) is 3.16. The lowest BCUT2D eigenvalue weighted by atomic mass is 10.1. The molecule has 2 aromatic rings. The summed E-state index contributed by atoms with van der Waals surface area (Å²) in [6.07, 6.45) is 0. The summed E-state index contributed by atoms with van der Waals surface area (Å²) in [5.41, 5.74) is 4.88. The van der Waals surface area contributed by atoms with E-state index in [4.69, 9.17) is 0 Å². The van der Waals surface area contributed by atoms with E-state index in [1.54, 1.807) is 20.9 Å². The van der Waals surface area contributed by atoms with Crippen LogP contribution in [-0.4, -0.2) is 41.1 Å². The monoisotopic (exact) mass is 355 g/mol. The normalized spacial score (nSPS) is 10.5. The molecule has 0 aliphatic rings. The smallest absolute Gasteiger partial charge is 0.270 e. The molecule has 0 spiro atoms. The first-order chi connectivity index (χ1) is 12.1. The molecular weight excluding hydrogens is 330 g/mol. The van der Waals surface area contributed by atoms with Crippen molar-refractivity contribution in [1.29, 1.82) is 0 Å². The van der Waals surface area contributed by atoms with E-state index in [-0.39, 0.29) is 24.1 Å². The van der Waals surface area contributed by atoms with Crippen LogP contribution in [0.25, 0.3) is 0 Å². The molecule has 6 nitrogen and oxygen atoms in total. The Hall–Kier alpha value is -2.89. The quantitative estimate of drug-likeness (QED) is 0.808. The SMILES string of the molecule is CC(=O)c1c(C)[nH]c(C(=O)N(C)CC(=O)Nc2cc(C)ccc2C)c1C. The molecule has 0 unspecified atom stereocenters. The maximum absolute atomic E-state index is 12.7. The zero-order chi connectivity index (χ0) is 19.6. The third kappa shape index (κ3) is 4.02. The Bertz CT molecular complexity index is 881.